The number of phenols is 1. The van der Waals surface area contributed by atoms with Crippen LogP contribution in [0, 0.1) is 0 Å². The van der Waals surface area contributed by atoms with Gasteiger partial charge in [0, 0.05) is 11.6 Å². The number of carbonyl (C=O) groups excluding carboxylic acids is 1. The Labute approximate surface area is 173 Å². The minimum Gasteiger partial charge on any atom is -0.507 e. The number of benzene rings is 3. The molecule has 0 unspecified atom stereocenters. The molecule has 31 heavy (non-hydrogen) atoms. The number of halogens is 4. The number of ether oxygens (including phenoxy) is 2. The predicted octanol–water partition coefficient (Wildman–Crippen LogP) is 4.90. The van der Waals surface area contributed by atoms with E-state index in [1.807, 2.05) is 0 Å². The molecule has 0 heterocycles. The van der Waals surface area contributed by atoms with E-state index in [9.17, 15) is 27.5 Å². The Morgan fingerprint density at radius 3 is 2.23 bits per heavy atom. The Morgan fingerprint density at radius 2 is 1.58 bits per heavy atom. The van der Waals surface area contributed by atoms with Crippen LogP contribution in [0.25, 0.3) is 10.8 Å². The topological polar surface area (TPSA) is 80.2 Å². The first-order valence-corrected chi connectivity index (χ1v) is 8.85. The molecule has 10 heteroatoms. The smallest absolute Gasteiger partial charge is 0.387 e. The van der Waals surface area contributed by atoms with E-state index in [4.69, 9.17) is 0 Å². The molecule has 2 N–H and O–H groups in total. The monoisotopic (exact) mass is 436 g/mol. The lowest BCUT2D eigenvalue weighted by molar-refractivity contribution is -0.0543. The van der Waals surface area contributed by atoms with Gasteiger partial charge in [0.25, 0.3) is 5.91 Å². The van der Waals surface area contributed by atoms with Gasteiger partial charge in [0.15, 0.2) is 0 Å². The summed E-state index contributed by atoms with van der Waals surface area (Å²) in [6.07, 6.45) is 0. The van der Waals surface area contributed by atoms with Crippen molar-refractivity contribution in [2.24, 2.45) is 5.10 Å². The Kier molecular flexibility index (Phi) is 6.58. The first kappa shape index (κ1) is 21.9. The second kappa shape index (κ2) is 9.33. The fourth-order valence-corrected chi connectivity index (χ4v) is 2.84. The molecule has 3 rings (SSSR count). The molecule has 0 aliphatic rings. The molecule has 3 aromatic rings. The van der Waals surface area contributed by atoms with Crippen LogP contribution in [-0.2, 0) is 0 Å². The van der Waals surface area contributed by atoms with Gasteiger partial charge in [-0.1, -0.05) is 24.3 Å². The second-order valence-electron chi connectivity index (χ2n) is 6.27. The molecule has 0 radical (unpaired) electrons. The van der Waals surface area contributed by atoms with E-state index in [1.54, 1.807) is 24.3 Å². The quantitative estimate of drug-likeness (QED) is 0.314. The lowest BCUT2D eigenvalue weighted by Crippen LogP contribution is -2.20. The van der Waals surface area contributed by atoms with Gasteiger partial charge < -0.3 is 14.6 Å². The van der Waals surface area contributed by atoms with E-state index in [2.05, 4.69) is 20.0 Å². The fourth-order valence-electron chi connectivity index (χ4n) is 2.84. The molecule has 6 nitrogen and oxygen atoms in total. The Balaban J connectivity index is 1.85. The highest BCUT2D eigenvalue weighted by atomic mass is 19.3. The number of hydrazone groups is 1. The Hall–Kier alpha value is -3.82. The SMILES string of the molecule is C/C(=N\NC(=O)c1cc2ccccc2cc1O)c1ccc(OC(F)F)cc1OC(F)F. The molecule has 0 aliphatic heterocycles. The first-order valence-electron chi connectivity index (χ1n) is 8.85. The first-order chi connectivity index (χ1) is 14.7. The fraction of sp³-hybridized carbons (Fsp3) is 0.143. The summed E-state index contributed by atoms with van der Waals surface area (Å²) in [6, 6.07) is 13.2. The lowest BCUT2D eigenvalue weighted by atomic mass is 10.1. The predicted molar refractivity (Wildman–Crippen MR) is 105 cm³/mol. The third-order valence-electron chi connectivity index (χ3n) is 4.22. The molecule has 0 spiro atoms. The number of fused-ring (bicyclic) bond motifs is 1. The molecule has 0 saturated carbocycles. The van der Waals surface area contributed by atoms with Gasteiger partial charge in [0.1, 0.15) is 17.2 Å². The standard InChI is InChI=1S/C21H16F4N2O4/c1-11(15-7-6-14(30-20(22)23)10-18(15)31-21(24)25)26-27-19(29)16-8-12-4-2-3-5-13(12)9-17(16)28/h2-10,20-21,28H,1H3,(H,27,29)/b26-11+. The zero-order valence-corrected chi connectivity index (χ0v) is 16.0. The molecular weight excluding hydrogens is 420 g/mol. The van der Waals surface area contributed by atoms with Gasteiger partial charge in [-0.05, 0) is 42.0 Å². The lowest BCUT2D eigenvalue weighted by Gasteiger charge is -2.13. The average Bonchev–Trinajstić information content (AvgIpc) is 2.70. The number of nitrogens with zero attached hydrogens (tertiary/aromatic N) is 1. The highest BCUT2D eigenvalue weighted by Crippen LogP contribution is 2.28. The van der Waals surface area contributed by atoms with Crippen molar-refractivity contribution in [3.8, 4) is 17.2 Å². The molecule has 0 atom stereocenters. The maximum absolute atomic E-state index is 12.7. The van der Waals surface area contributed by atoms with Gasteiger partial charge >= 0.3 is 13.2 Å². The molecule has 1 amide bonds. The molecule has 0 bridgehead atoms. The van der Waals surface area contributed by atoms with Crippen molar-refractivity contribution in [2.45, 2.75) is 20.1 Å². The van der Waals surface area contributed by atoms with Gasteiger partial charge in [-0.15, -0.1) is 0 Å². The van der Waals surface area contributed by atoms with Crippen LogP contribution in [0.1, 0.15) is 22.8 Å². The third kappa shape index (κ3) is 5.41. The summed E-state index contributed by atoms with van der Waals surface area (Å²) in [5, 5.41) is 15.4. The Morgan fingerprint density at radius 1 is 0.935 bits per heavy atom. The molecule has 0 saturated heterocycles. The van der Waals surface area contributed by atoms with Crippen LogP contribution in [0.15, 0.2) is 59.7 Å². The third-order valence-corrected chi connectivity index (χ3v) is 4.22. The molecule has 162 valence electrons. The molecule has 0 fully saturated rings. The van der Waals surface area contributed by atoms with Crippen LogP contribution in [0.3, 0.4) is 0 Å². The van der Waals surface area contributed by atoms with Gasteiger partial charge in [-0.25, -0.2) is 5.43 Å². The van der Waals surface area contributed by atoms with Crippen LogP contribution in [0.4, 0.5) is 17.6 Å². The number of phenolic OH excluding ortho intramolecular Hbond substituents is 1. The number of hydrogen-bond acceptors (Lipinski definition) is 5. The van der Waals surface area contributed by atoms with Crippen molar-refractivity contribution in [2.75, 3.05) is 0 Å². The van der Waals surface area contributed by atoms with E-state index in [0.29, 0.717) is 5.39 Å². The maximum atomic E-state index is 12.7. The highest BCUT2D eigenvalue weighted by Gasteiger charge is 2.16. The van der Waals surface area contributed by atoms with Crippen LogP contribution < -0.4 is 14.9 Å². The summed E-state index contributed by atoms with van der Waals surface area (Å²) in [5.41, 5.74) is 2.25. The van der Waals surface area contributed by atoms with E-state index >= 15 is 0 Å². The molecule has 0 aromatic heterocycles. The van der Waals surface area contributed by atoms with E-state index < -0.39 is 24.9 Å². The van der Waals surface area contributed by atoms with Crippen molar-refractivity contribution in [1.82, 2.24) is 5.43 Å². The second-order valence-corrected chi connectivity index (χ2v) is 6.27. The number of aromatic hydroxyl groups is 1. The normalized spacial score (nSPS) is 11.8. The van der Waals surface area contributed by atoms with Crippen molar-refractivity contribution in [3.63, 3.8) is 0 Å². The van der Waals surface area contributed by atoms with Crippen LogP contribution in [0.2, 0.25) is 0 Å². The summed E-state index contributed by atoms with van der Waals surface area (Å²) in [7, 11) is 0. The number of rotatable bonds is 7. The van der Waals surface area contributed by atoms with E-state index in [-0.39, 0.29) is 28.3 Å². The van der Waals surface area contributed by atoms with E-state index in [0.717, 1.165) is 17.5 Å². The molecule has 0 aliphatic carbocycles. The van der Waals surface area contributed by atoms with Crippen molar-refractivity contribution >= 4 is 22.4 Å². The van der Waals surface area contributed by atoms with Crippen LogP contribution in [-0.4, -0.2) is 29.9 Å². The summed E-state index contributed by atoms with van der Waals surface area (Å²) in [5.74, 6) is -1.85. The summed E-state index contributed by atoms with van der Waals surface area (Å²) in [6.45, 7) is -4.98. The average molecular weight is 436 g/mol. The van der Waals surface area contributed by atoms with Gasteiger partial charge in [-0.2, -0.15) is 22.7 Å². The minimum absolute atomic E-state index is 0.0185. The van der Waals surface area contributed by atoms with Gasteiger partial charge in [-0.3, -0.25) is 4.79 Å². The van der Waals surface area contributed by atoms with Crippen LogP contribution in [0.5, 0.6) is 17.2 Å². The number of carbonyl (C=O) groups is 1. The highest BCUT2D eigenvalue weighted by molar-refractivity contribution is 6.04. The minimum atomic E-state index is -3.22. The van der Waals surface area contributed by atoms with Gasteiger partial charge in [0.05, 0.1) is 11.3 Å². The summed E-state index contributed by atoms with van der Waals surface area (Å²) < 4.78 is 58.7. The number of amides is 1. The summed E-state index contributed by atoms with van der Waals surface area (Å²) in [4.78, 5) is 12.5. The summed E-state index contributed by atoms with van der Waals surface area (Å²) >= 11 is 0. The Bertz CT molecular complexity index is 1140. The number of nitrogens with one attached hydrogen (secondary N) is 1. The van der Waals surface area contributed by atoms with Crippen LogP contribution >= 0.6 is 0 Å². The van der Waals surface area contributed by atoms with Crippen molar-refractivity contribution < 1.29 is 36.9 Å². The maximum Gasteiger partial charge on any atom is 0.387 e. The molecule has 3 aromatic carbocycles. The zero-order valence-electron chi connectivity index (χ0n) is 16.0. The number of hydrogen-bond donors (Lipinski definition) is 2. The zero-order chi connectivity index (χ0) is 22.5. The number of alkyl halides is 4. The van der Waals surface area contributed by atoms with E-state index in [1.165, 1.54) is 25.1 Å². The van der Waals surface area contributed by atoms with Crippen molar-refractivity contribution in [3.05, 3.63) is 65.7 Å². The van der Waals surface area contributed by atoms with Crippen molar-refractivity contribution in [1.29, 1.82) is 0 Å². The largest absolute Gasteiger partial charge is 0.507 e. The van der Waals surface area contributed by atoms with Gasteiger partial charge in [0.2, 0.25) is 0 Å². The molecular formula is C21H16F4N2O4.